The van der Waals surface area contributed by atoms with Gasteiger partial charge in [0.1, 0.15) is 5.82 Å². The molecule has 0 fully saturated rings. The molecule has 42 heavy (non-hydrogen) atoms. The fourth-order valence-electron chi connectivity index (χ4n) is 4.73. The van der Waals surface area contributed by atoms with Crippen LogP contribution in [-0.2, 0) is 41.4 Å². The molecule has 2 aromatic carbocycles. The second kappa shape index (κ2) is 12.9. The van der Waals surface area contributed by atoms with Gasteiger partial charge in [-0.05, 0) is 60.9 Å². The summed E-state index contributed by atoms with van der Waals surface area (Å²) in [5.74, 6) is 1.27. The summed E-state index contributed by atoms with van der Waals surface area (Å²) in [6.45, 7) is 11.1. The molecule has 0 radical (unpaired) electrons. The fourth-order valence-corrected chi connectivity index (χ4v) is 5.32. The van der Waals surface area contributed by atoms with Crippen LogP contribution in [0.4, 0.5) is 5.82 Å². The quantitative estimate of drug-likeness (QED) is 0.236. The Morgan fingerprint density at radius 1 is 0.905 bits per heavy atom. The molecule has 0 saturated heterocycles. The van der Waals surface area contributed by atoms with Crippen LogP contribution in [0, 0.1) is 0 Å². The van der Waals surface area contributed by atoms with Crippen LogP contribution in [0.1, 0.15) is 63.6 Å². The number of ether oxygens (including phenoxy) is 1. The Balaban J connectivity index is 1.41. The number of sulfonamides is 1. The first-order valence-electron chi connectivity index (χ1n) is 14.3. The van der Waals surface area contributed by atoms with Crippen LogP contribution in [0.15, 0.2) is 65.5 Å². The second-order valence-electron chi connectivity index (χ2n) is 11.4. The summed E-state index contributed by atoms with van der Waals surface area (Å²) in [5, 5.41) is 4.69. The number of pyridine rings is 1. The SMILES string of the molecule is CCn1c(CCCc2ccc(-c3ccc(OC)c(NS(=O)(=O)CC)n3)cc2)nn(Cc2ccc(C(C)(C)C)cc2)c1=O. The number of nitrogens with zero attached hydrogens (tertiary/aromatic N) is 4. The van der Waals surface area contributed by atoms with Crippen LogP contribution in [0.3, 0.4) is 0 Å². The molecule has 0 atom stereocenters. The van der Waals surface area contributed by atoms with Crippen molar-refractivity contribution in [2.24, 2.45) is 0 Å². The zero-order valence-corrected chi connectivity index (χ0v) is 26.2. The van der Waals surface area contributed by atoms with E-state index < -0.39 is 10.0 Å². The fraction of sp³-hybridized carbons (Fsp3) is 0.406. The number of methoxy groups -OCH3 is 1. The van der Waals surface area contributed by atoms with Gasteiger partial charge in [0.15, 0.2) is 11.6 Å². The first kappa shape index (κ1) is 31.0. The van der Waals surface area contributed by atoms with Gasteiger partial charge in [-0.2, -0.15) is 5.10 Å². The van der Waals surface area contributed by atoms with Crippen LogP contribution in [0.5, 0.6) is 5.75 Å². The van der Waals surface area contributed by atoms with Gasteiger partial charge in [0, 0.05) is 18.5 Å². The highest BCUT2D eigenvalue weighted by Gasteiger charge is 2.16. The first-order chi connectivity index (χ1) is 19.9. The average Bonchev–Trinajstić information content (AvgIpc) is 3.26. The maximum Gasteiger partial charge on any atom is 0.346 e. The molecule has 2 aromatic heterocycles. The van der Waals surface area contributed by atoms with E-state index in [9.17, 15) is 13.2 Å². The monoisotopic (exact) mass is 591 g/mol. The molecule has 4 rings (SSSR count). The Kier molecular flexibility index (Phi) is 9.56. The van der Waals surface area contributed by atoms with E-state index in [0.29, 0.717) is 31.0 Å². The van der Waals surface area contributed by atoms with Crippen molar-refractivity contribution in [3.8, 4) is 17.0 Å². The van der Waals surface area contributed by atoms with E-state index in [-0.39, 0.29) is 22.7 Å². The third-order valence-electron chi connectivity index (χ3n) is 7.29. The number of aromatic nitrogens is 4. The second-order valence-corrected chi connectivity index (χ2v) is 13.4. The van der Waals surface area contributed by atoms with Crippen molar-refractivity contribution in [2.75, 3.05) is 17.6 Å². The van der Waals surface area contributed by atoms with Crippen LogP contribution < -0.4 is 15.1 Å². The molecule has 10 heteroatoms. The van der Waals surface area contributed by atoms with Gasteiger partial charge in [0.2, 0.25) is 10.0 Å². The number of rotatable bonds is 12. The summed E-state index contributed by atoms with van der Waals surface area (Å²) in [6.07, 6.45) is 2.37. The molecule has 224 valence electrons. The number of hydrogen-bond donors (Lipinski definition) is 1. The number of nitrogens with one attached hydrogen (secondary N) is 1. The molecule has 0 amide bonds. The van der Waals surface area contributed by atoms with Crippen molar-refractivity contribution >= 4 is 15.8 Å². The maximum atomic E-state index is 13.0. The topological polar surface area (TPSA) is 108 Å². The zero-order chi connectivity index (χ0) is 30.5. The molecule has 0 aliphatic rings. The minimum absolute atomic E-state index is 0.0587. The van der Waals surface area contributed by atoms with E-state index >= 15 is 0 Å². The van der Waals surface area contributed by atoms with Gasteiger partial charge in [-0.3, -0.25) is 9.29 Å². The molecule has 2 heterocycles. The van der Waals surface area contributed by atoms with Crippen molar-refractivity contribution in [1.82, 2.24) is 19.3 Å². The highest BCUT2D eigenvalue weighted by Crippen LogP contribution is 2.28. The summed E-state index contributed by atoms with van der Waals surface area (Å²) in [7, 11) is -2.02. The van der Waals surface area contributed by atoms with E-state index in [2.05, 4.69) is 59.8 Å². The highest BCUT2D eigenvalue weighted by molar-refractivity contribution is 7.92. The molecular formula is C32H41N5O4S. The van der Waals surface area contributed by atoms with Gasteiger partial charge in [0.25, 0.3) is 0 Å². The Hall–Kier alpha value is -3.92. The Morgan fingerprint density at radius 2 is 1.57 bits per heavy atom. The smallest absolute Gasteiger partial charge is 0.346 e. The lowest BCUT2D eigenvalue weighted by atomic mass is 9.87. The third kappa shape index (κ3) is 7.47. The van der Waals surface area contributed by atoms with E-state index in [4.69, 9.17) is 4.74 Å². The lowest BCUT2D eigenvalue weighted by molar-refractivity contribution is 0.415. The lowest BCUT2D eigenvalue weighted by Gasteiger charge is -2.19. The summed E-state index contributed by atoms with van der Waals surface area (Å²) in [4.78, 5) is 17.5. The molecule has 0 unspecified atom stereocenters. The van der Waals surface area contributed by atoms with E-state index in [1.54, 1.807) is 28.3 Å². The molecule has 0 bridgehead atoms. The van der Waals surface area contributed by atoms with Crippen LogP contribution in [0.25, 0.3) is 11.3 Å². The number of hydrogen-bond acceptors (Lipinski definition) is 6. The third-order valence-corrected chi connectivity index (χ3v) is 8.56. The molecule has 0 aliphatic carbocycles. The highest BCUT2D eigenvalue weighted by atomic mass is 32.2. The molecule has 0 spiro atoms. The predicted molar refractivity (Wildman–Crippen MR) is 168 cm³/mol. The van der Waals surface area contributed by atoms with Crippen molar-refractivity contribution in [3.05, 3.63) is 93.7 Å². The van der Waals surface area contributed by atoms with Gasteiger partial charge < -0.3 is 4.74 Å². The van der Waals surface area contributed by atoms with Crippen molar-refractivity contribution in [1.29, 1.82) is 0 Å². The number of aryl methyl sites for hydroxylation is 2. The summed E-state index contributed by atoms with van der Waals surface area (Å²) in [6, 6.07) is 20.0. The molecule has 4 aromatic rings. The standard InChI is InChI=1S/C32H41N5O4S/c1-7-36-29(34-37(31(36)38)22-24-14-18-26(19-15-24)32(3,4)5)11-9-10-23-12-16-25(17-13-23)27-20-21-28(41-6)30(33-27)35-42(39,40)8-2/h12-21H,7-11,22H2,1-6H3,(H,33,35). The van der Waals surface area contributed by atoms with Crippen LogP contribution >= 0.6 is 0 Å². The Labute approximate surface area is 248 Å². The zero-order valence-electron chi connectivity index (χ0n) is 25.3. The predicted octanol–water partition coefficient (Wildman–Crippen LogP) is 5.42. The summed E-state index contributed by atoms with van der Waals surface area (Å²) >= 11 is 0. The molecule has 0 aliphatic heterocycles. The van der Waals surface area contributed by atoms with Gasteiger partial charge in [-0.25, -0.2) is 22.9 Å². The van der Waals surface area contributed by atoms with Gasteiger partial charge >= 0.3 is 5.69 Å². The molecule has 9 nitrogen and oxygen atoms in total. The minimum atomic E-state index is -3.49. The van der Waals surface area contributed by atoms with Gasteiger partial charge in [-0.15, -0.1) is 0 Å². The first-order valence-corrected chi connectivity index (χ1v) is 16.0. The average molecular weight is 592 g/mol. The summed E-state index contributed by atoms with van der Waals surface area (Å²) in [5.41, 5.74) is 4.98. The maximum absolute atomic E-state index is 13.0. The van der Waals surface area contributed by atoms with E-state index in [1.165, 1.54) is 12.7 Å². The minimum Gasteiger partial charge on any atom is -0.493 e. The van der Waals surface area contributed by atoms with Gasteiger partial charge in [0.05, 0.1) is 25.1 Å². The lowest BCUT2D eigenvalue weighted by Crippen LogP contribution is -2.25. The van der Waals surface area contributed by atoms with Crippen LogP contribution in [0.2, 0.25) is 0 Å². The normalized spacial score (nSPS) is 12.0. The van der Waals surface area contributed by atoms with Crippen molar-refractivity contribution < 1.29 is 13.2 Å². The molecule has 0 saturated carbocycles. The van der Waals surface area contributed by atoms with Crippen LogP contribution in [-0.4, -0.2) is 40.6 Å². The van der Waals surface area contributed by atoms with E-state index in [1.807, 2.05) is 31.2 Å². The number of anilines is 1. The van der Waals surface area contributed by atoms with Crippen molar-refractivity contribution in [3.63, 3.8) is 0 Å². The van der Waals surface area contributed by atoms with Crippen molar-refractivity contribution in [2.45, 2.75) is 72.4 Å². The summed E-state index contributed by atoms with van der Waals surface area (Å²) < 4.78 is 35.3. The largest absolute Gasteiger partial charge is 0.493 e. The van der Waals surface area contributed by atoms with Gasteiger partial charge in [-0.1, -0.05) is 69.3 Å². The number of benzene rings is 2. The molecular weight excluding hydrogens is 550 g/mol. The van der Waals surface area contributed by atoms with E-state index in [0.717, 1.165) is 35.4 Å². The Morgan fingerprint density at radius 3 is 2.17 bits per heavy atom. The molecule has 1 N–H and O–H groups in total. The Bertz CT molecular complexity index is 1670.